The molecule has 0 unspecified atom stereocenters. The highest BCUT2D eigenvalue weighted by Crippen LogP contribution is 2.23. The van der Waals surface area contributed by atoms with E-state index in [1.165, 1.54) is 18.2 Å². The first-order valence-electron chi connectivity index (χ1n) is 5.60. The Labute approximate surface area is 115 Å². The van der Waals surface area contributed by atoms with Crippen LogP contribution < -0.4 is 5.32 Å². The number of nitrogens with one attached hydrogen (secondary N) is 1. The molecule has 0 aliphatic rings. The van der Waals surface area contributed by atoms with Crippen molar-refractivity contribution in [2.75, 3.05) is 5.32 Å². The number of phenolic OH excluding ortho intramolecular Hbond substituents is 1. The fraction of sp³-hybridized carbons (Fsp3) is 0.0714. The molecule has 0 aliphatic carbocycles. The van der Waals surface area contributed by atoms with Gasteiger partial charge in [-0.25, -0.2) is 0 Å². The second-order valence-corrected chi connectivity index (χ2v) is 4.34. The Morgan fingerprint density at radius 3 is 2.68 bits per heavy atom. The monoisotopic (exact) mass is 277 g/mol. The lowest BCUT2D eigenvalue weighted by atomic mass is 10.1. The number of amides is 1. The molecule has 0 bridgehead atoms. The molecule has 4 nitrogen and oxygen atoms in total. The molecule has 1 amide bonds. The summed E-state index contributed by atoms with van der Waals surface area (Å²) in [6, 6.07) is 11.0. The minimum atomic E-state index is -0.443. The van der Waals surface area contributed by atoms with Gasteiger partial charge in [-0.1, -0.05) is 29.8 Å². The molecule has 19 heavy (non-hydrogen) atoms. The van der Waals surface area contributed by atoms with E-state index < -0.39 is 5.91 Å². The molecule has 2 aromatic carbocycles. The van der Waals surface area contributed by atoms with E-state index in [0.717, 1.165) is 0 Å². The van der Waals surface area contributed by atoms with Gasteiger partial charge in [0.05, 0.1) is 17.2 Å². The van der Waals surface area contributed by atoms with E-state index in [1.807, 2.05) is 0 Å². The highest BCUT2D eigenvalue weighted by atomic mass is 35.5. The normalized spacial score (nSPS) is 10.2. The highest BCUT2D eigenvalue weighted by Gasteiger charge is 2.12. The minimum Gasteiger partial charge on any atom is -0.508 e. The first-order chi connectivity index (χ1) is 9.11. The quantitative estimate of drug-likeness (QED) is 0.808. The minimum absolute atomic E-state index is 0.0370. The summed E-state index contributed by atoms with van der Waals surface area (Å²) in [5.74, 6) is -0.480. The zero-order valence-electron chi connectivity index (χ0n) is 9.93. The molecule has 2 rings (SSSR count). The summed E-state index contributed by atoms with van der Waals surface area (Å²) in [5.41, 5.74) is 1.29. The first kappa shape index (κ1) is 13.4. The number of halogens is 1. The lowest BCUT2D eigenvalue weighted by molar-refractivity contribution is 0.102. The van der Waals surface area contributed by atoms with Crippen LogP contribution in [0.3, 0.4) is 0 Å². The standard InChI is InChI=1S/C14H12ClNO3/c15-12-6-5-10(18)7-11(12)14(19)16-13-4-2-1-3-9(13)8-17/h1-7,17-18H,8H2,(H,16,19). The van der Waals surface area contributed by atoms with Gasteiger partial charge in [-0.2, -0.15) is 0 Å². The molecule has 0 aliphatic heterocycles. The number of aliphatic hydroxyl groups excluding tert-OH is 1. The van der Waals surface area contributed by atoms with E-state index in [2.05, 4.69) is 5.32 Å². The molecule has 0 saturated carbocycles. The number of hydrogen-bond donors (Lipinski definition) is 3. The maximum Gasteiger partial charge on any atom is 0.257 e. The van der Waals surface area contributed by atoms with Crippen molar-refractivity contribution in [1.82, 2.24) is 0 Å². The lowest BCUT2D eigenvalue weighted by Crippen LogP contribution is -2.13. The van der Waals surface area contributed by atoms with Gasteiger partial charge >= 0.3 is 0 Å². The van der Waals surface area contributed by atoms with Gasteiger partial charge in [0.25, 0.3) is 5.91 Å². The van der Waals surface area contributed by atoms with Crippen LogP contribution >= 0.6 is 11.6 Å². The third-order valence-corrected chi connectivity index (χ3v) is 2.96. The zero-order chi connectivity index (χ0) is 13.8. The van der Waals surface area contributed by atoms with Crippen molar-refractivity contribution >= 4 is 23.2 Å². The molecule has 98 valence electrons. The largest absolute Gasteiger partial charge is 0.508 e. The molecule has 0 spiro atoms. The SMILES string of the molecule is O=C(Nc1ccccc1CO)c1cc(O)ccc1Cl. The molecule has 5 heteroatoms. The second kappa shape index (κ2) is 5.73. The van der Waals surface area contributed by atoms with Crippen LogP contribution in [-0.4, -0.2) is 16.1 Å². The van der Waals surface area contributed by atoms with Crippen LogP contribution in [0.15, 0.2) is 42.5 Å². The van der Waals surface area contributed by atoms with Crippen LogP contribution in [0.4, 0.5) is 5.69 Å². The van der Waals surface area contributed by atoms with Crippen molar-refractivity contribution < 1.29 is 15.0 Å². The predicted molar refractivity (Wildman–Crippen MR) is 73.4 cm³/mol. The summed E-state index contributed by atoms with van der Waals surface area (Å²) >= 11 is 5.91. The van der Waals surface area contributed by atoms with E-state index in [0.29, 0.717) is 11.3 Å². The number of hydrogen-bond acceptors (Lipinski definition) is 3. The van der Waals surface area contributed by atoms with E-state index in [9.17, 15) is 15.0 Å². The number of phenols is 1. The summed E-state index contributed by atoms with van der Waals surface area (Å²) < 4.78 is 0. The summed E-state index contributed by atoms with van der Waals surface area (Å²) in [4.78, 5) is 12.1. The number of carbonyl (C=O) groups excluding carboxylic acids is 1. The Morgan fingerprint density at radius 1 is 1.21 bits per heavy atom. The number of rotatable bonds is 3. The molecule has 0 aromatic heterocycles. The second-order valence-electron chi connectivity index (χ2n) is 3.93. The van der Waals surface area contributed by atoms with Crippen LogP contribution in [0, 0.1) is 0 Å². The zero-order valence-corrected chi connectivity index (χ0v) is 10.7. The number of anilines is 1. The Morgan fingerprint density at radius 2 is 1.95 bits per heavy atom. The summed E-state index contributed by atoms with van der Waals surface area (Å²) in [6.45, 7) is -0.176. The van der Waals surface area contributed by atoms with Crippen molar-refractivity contribution in [2.45, 2.75) is 6.61 Å². The molecule has 0 radical (unpaired) electrons. The van der Waals surface area contributed by atoms with Crippen LogP contribution in [0.1, 0.15) is 15.9 Å². The van der Waals surface area contributed by atoms with Crippen molar-refractivity contribution in [3.63, 3.8) is 0 Å². The third kappa shape index (κ3) is 3.05. The maximum absolute atomic E-state index is 12.1. The summed E-state index contributed by atoms with van der Waals surface area (Å²) in [7, 11) is 0. The van der Waals surface area contributed by atoms with E-state index >= 15 is 0 Å². The highest BCUT2D eigenvalue weighted by molar-refractivity contribution is 6.34. The maximum atomic E-state index is 12.1. The molecule has 0 atom stereocenters. The molecule has 0 fully saturated rings. The Kier molecular flexibility index (Phi) is 4.04. The number of para-hydroxylation sites is 1. The van der Waals surface area contributed by atoms with E-state index in [4.69, 9.17) is 11.6 Å². The number of aliphatic hydroxyl groups is 1. The van der Waals surface area contributed by atoms with Crippen LogP contribution in [-0.2, 0) is 6.61 Å². The van der Waals surface area contributed by atoms with Crippen LogP contribution in [0.5, 0.6) is 5.75 Å². The number of carbonyl (C=O) groups is 1. The molecular weight excluding hydrogens is 266 g/mol. The molecule has 0 heterocycles. The fourth-order valence-corrected chi connectivity index (χ4v) is 1.86. The van der Waals surface area contributed by atoms with Crippen molar-refractivity contribution in [2.24, 2.45) is 0 Å². The average molecular weight is 278 g/mol. The van der Waals surface area contributed by atoms with E-state index in [-0.39, 0.29) is 22.9 Å². The fourth-order valence-electron chi connectivity index (χ4n) is 1.66. The molecule has 3 N–H and O–H groups in total. The molecule has 0 saturated heterocycles. The van der Waals surface area contributed by atoms with Gasteiger partial charge in [0.15, 0.2) is 0 Å². The van der Waals surface area contributed by atoms with E-state index in [1.54, 1.807) is 24.3 Å². The number of aromatic hydroxyl groups is 1. The summed E-state index contributed by atoms with van der Waals surface area (Å²) in [5, 5.41) is 21.5. The average Bonchev–Trinajstić information content (AvgIpc) is 2.42. The Hall–Kier alpha value is -2.04. The smallest absolute Gasteiger partial charge is 0.257 e. The van der Waals surface area contributed by atoms with Gasteiger partial charge in [-0.05, 0) is 24.3 Å². The van der Waals surface area contributed by atoms with Gasteiger partial charge < -0.3 is 15.5 Å². The predicted octanol–water partition coefficient (Wildman–Crippen LogP) is 2.79. The van der Waals surface area contributed by atoms with Gasteiger partial charge in [-0.3, -0.25) is 4.79 Å². The van der Waals surface area contributed by atoms with Crippen molar-refractivity contribution in [3.8, 4) is 5.75 Å². The first-order valence-corrected chi connectivity index (χ1v) is 5.98. The lowest BCUT2D eigenvalue weighted by Gasteiger charge is -2.10. The topological polar surface area (TPSA) is 69.6 Å². The molecular formula is C14H12ClNO3. The van der Waals surface area contributed by atoms with Crippen molar-refractivity contribution in [1.29, 1.82) is 0 Å². The van der Waals surface area contributed by atoms with Crippen molar-refractivity contribution in [3.05, 3.63) is 58.6 Å². The van der Waals surface area contributed by atoms with Gasteiger partial charge in [0.2, 0.25) is 0 Å². The third-order valence-electron chi connectivity index (χ3n) is 2.63. The molecule has 2 aromatic rings. The van der Waals surface area contributed by atoms with Gasteiger partial charge in [0, 0.05) is 11.3 Å². The van der Waals surface area contributed by atoms with Gasteiger partial charge in [-0.15, -0.1) is 0 Å². The number of benzene rings is 2. The van der Waals surface area contributed by atoms with Gasteiger partial charge in [0.1, 0.15) is 5.75 Å². The summed E-state index contributed by atoms with van der Waals surface area (Å²) in [6.07, 6.45) is 0. The van der Waals surface area contributed by atoms with Crippen LogP contribution in [0.2, 0.25) is 5.02 Å². The Bertz CT molecular complexity index is 613. The van der Waals surface area contributed by atoms with Crippen LogP contribution in [0.25, 0.3) is 0 Å². The Balaban J connectivity index is 2.28.